The molecule has 4 rings (SSSR count). The fourth-order valence-electron chi connectivity index (χ4n) is 3.25. The summed E-state index contributed by atoms with van der Waals surface area (Å²) in [5.41, 5.74) is 13.8. The molecule has 4 aromatic rings. The average molecular weight is 461 g/mol. The number of sulfone groups is 1. The molecule has 6 nitrogen and oxygen atoms in total. The Morgan fingerprint density at radius 2 is 0.848 bits per heavy atom. The van der Waals surface area contributed by atoms with E-state index in [-0.39, 0.29) is 9.79 Å². The van der Waals surface area contributed by atoms with Crippen molar-refractivity contribution in [2.45, 2.75) is 22.2 Å². The lowest BCUT2D eigenvalue weighted by molar-refractivity contribution is 0.214. The topological polar surface area (TPSA) is 105 Å². The Bertz CT molecular complexity index is 1180. The normalized spacial score (nSPS) is 13.2. The van der Waals surface area contributed by atoms with Crippen LogP contribution in [-0.2, 0) is 9.84 Å². The van der Waals surface area contributed by atoms with Crippen LogP contribution in [0.2, 0.25) is 0 Å². The molecule has 0 saturated heterocycles. The monoisotopic (exact) mass is 460 g/mol. The Kier molecular flexibility index (Phi) is 6.74. The molecule has 2 atom stereocenters. The van der Waals surface area contributed by atoms with Crippen molar-refractivity contribution in [3.8, 4) is 11.5 Å². The molecule has 0 aliphatic heterocycles. The zero-order valence-corrected chi connectivity index (χ0v) is 18.6. The molecule has 4 aromatic carbocycles. The molecule has 2 unspecified atom stereocenters. The van der Waals surface area contributed by atoms with Crippen molar-refractivity contribution in [3.05, 3.63) is 120 Å². The molecule has 0 heterocycles. The zero-order valence-electron chi connectivity index (χ0n) is 17.7. The van der Waals surface area contributed by atoms with Crippen molar-refractivity contribution >= 4 is 9.84 Å². The maximum atomic E-state index is 13.0. The van der Waals surface area contributed by atoms with E-state index in [1.165, 1.54) is 24.3 Å². The Hall–Kier alpha value is -3.65. The predicted octanol–water partition coefficient (Wildman–Crippen LogP) is 4.59. The van der Waals surface area contributed by atoms with E-state index >= 15 is 0 Å². The third-order valence-corrected chi connectivity index (χ3v) is 6.84. The van der Waals surface area contributed by atoms with E-state index < -0.39 is 22.3 Å². The van der Waals surface area contributed by atoms with Crippen LogP contribution in [0, 0.1) is 0 Å². The van der Waals surface area contributed by atoms with Gasteiger partial charge in [0.05, 0.1) is 9.79 Å². The van der Waals surface area contributed by atoms with E-state index in [0.717, 1.165) is 11.1 Å². The summed E-state index contributed by atoms with van der Waals surface area (Å²) in [7, 11) is -3.71. The van der Waals surface area contributed by atoms with Gasteiger partial charge in [-0.3, -0.25) is 11.5 Å². The van der Waals surface area contributed by atoms with Gasteiger partial charge in [0.15, 0.2) is 12.5 Å². The van der Waals surface area contributed by atoms with E-state index in [2.05, 4.69) is 0 Å². The van der Waals surface area contributed by atoms with E-state index in [0.29, 0.717) is 11.5 Å². The largest absolute Gasteiger partial charge is 0.471 e. The van der Waals surface area contributed by atoms with Crippen LogP contribution in [0.15, 0.2) is 119 Å². The molecule has 0 amide bonds. The van der Waals surface area contributed by atoms with Gasteiger partial charge in [0, 0.05) is 11.1 Å². The van der Waals surface area contributed by atoms with Crippen LogP contribution in [0.25, 0.3) is 0 Å². The lowest BCUT2D eigenvalue weighted by Gasteiger charge is -2.16. The zero-order chi connectivity index (χ0) is 23.3. The minimum atomic E-state index is -3.71. The third-order valence-electron chi connectivity index (χ3n) is 5.05. The maximum Gasteiger partial charge on any atom is 0.206 e. The Labute approximate surface area is 193 Å². The van der Waals surface area contributed by atoms with Gasteiger partial charge in [0.2, 0.25) is 9.84 Å². The second-order valence-electron chi connectivity index (χ2n) is 7.34. The molecular weight excluding hydrogens is 436 g/mol. The van der Waals surface area contributed by atoms with Crippen molar-refractivity contribution in [1.29, 1.82) is 0 Å². The number of ether oxygens (including phenoxy) is 2. The van der Waals surface area contributed by atoms with Gasteiger partial charge in [-0.25, -0.2) is 8.42 Å². The number of nitrogens with two attached hydrogens (primary N) is 2. The Balaban J connectivity index is 1.44. The van der Waals surface area contributed by atoms with Crippen molar-refractivity contribution in [1.82, 2.24) is 0 Å². The molecule has 7 heteroatoms. The van der Waals surface area contributed by atoms with Crippen molar-refractivity contribution < 1.29 is 17.9 Å². The second-order valence-corrected chi connectivity index (χ2v) is 9.29. The summed E-state index contributed by atoms with van der Waals surface area (Å²) in [5.74, 6) is 0.952. The molecule has 0 aliphatic carbocycles. The third kappa shape index (κ3) is 5.40. The van der Waals surface area contributed by atoms with E-state index in [1.807, 2.05) is 60.7 Å². The van der Waals surface area contributed by atoms with Crippen LogP contribution in [0.1, 0.15) is 23.6 Å². The molecule has 0 fully saturated rings. The molecule has 0 aromatic heterocycles. The lowest BCUT2D eigenvalue weighted by atomic mass is 10.2. The first-order chi connectivity index (χ1) is 15.9. The highest BCUT2D eigenvalue weighted by atomic mass is 32.2. The van der Waals surface area contributed by atoms with Gasteiger partial charge in [-0.1, -0.05) is 60.7 Å². The Morgan fingerprint density at radius 1 is 0.515 bits per heavy atom. The number of hydrogen-bond donors (Lipinski definition) is 2. The smallest absolute Gasteiger partial charge is 0.206 e. The van der Waals surface area contributed by atoms with Crippen LogP contribution in [0.5, 0.6) is 11.5 Å². The predicted molar refractivity (Wildman–Crippen MR) is 126 cm³/mol. The molecule has 0 aliphatic rings. The first kappa shape index (κ1) is 22.5. The number of benzene rings is 4. The van der Waals surface area contributed by atoms with E-state index in [1.54, 1.807) is 24.3 Å². The fourth-order valence-corrected chi connectivity index (χ4v) is 4.51. The molecule has 0 saturated carbocycles. The van der Waals surface area contributed by atoms with Gasteiger partial charge in [0.25, 0.3) is 0 Å². The first-order valence-corrected chi connectivity index (χ1v) is 11.8. The number of hydrogen-bond acceptors (Lipinski definition) is 6. The van der Waals surface area contributed by atoms with Crippen LogP contribution < -0.4 is 20.9 Å². The fraction of sp³-hybridized carbons (Fsp3) is 0.0769. The summed E-state index contributed by atoms with van der Waals surface area (Å²) < 4.78 is 37.5. The highest BCUT2D eigenvalue weighted by molar-refractivity contribution is 7.91. The van der Waals surface area contributed by atoms with Crippen LogP contribution in [0.4, 0.5) is 0 Å². The summed E-state index contributed by atoms with van der Waals surface area (Å²) in [5, 5.41) is 0. The van der Waals surface area contributed by atoms with Gasteiger partial charge in [-0.05, 0) is 48.5 Å². The summed E-state index contributed by atoms with van der Waals surface area (Å²) in [6, 6.07) is 31.1. The highest BCUT2D eigenvalue weighted by Gasteiger charge is 2.18. The summed E-state index contributed by atoms with van der Waals surface area (Å²) in [6.07, 6.45) is -1.30. The van der Waals surface area contributed by atoms with Crippen molar-refractivity contribution in [2.24, 2.45) is 11.5 Å². The number of rotatable bonds is 8. The van der Waals surface area contributed by atoms with Crippen molar-refractivity contribution in [3.63, 3.8) is 0 Å². The van der Waals surface area contributed by atoms with Crippen LogP contribution in [-0.4, -0.2) is 8.42 Å². The van der Waals surface area contributed by atoms with Crippen LogP contribution in [0.3, 0.4) is 0 Å². The van der Waals surface area contributed by atoms with E-state index in [9.17, 15) is 8.42 Å². The van der Waals surface area contributed by atoms with Crippen LogP contribution >= 0.6 is 0 Å². The lowest BCUT2D eigenvalue weighted by Crippen LogP contribution is -2.17. The molecule has 4 N–H and O–H groups in total. The minimum absolute atomic E-state index is 0.151. The van der Waals surface area contributed by atoms with E-state index in [4.69, 9.17) is 20.9 Å². The minimum Gasteiger partial charge on any atom is -0.471 e. The molecular formula is C26H24N2O4S. The molecule has 168 valence electrons. The van der Waals surface area contributed by atoms with Crippen molar-refractivity contribution in [2.75, 3.05) is 0 Å². The SMILES string of the molecule is NC(Oc1ccc(S(=O)(=O)c2ccc(OC(N)c3ccccc3)cc2)cc1)c1ccccc1. The summed E-state index contributed by atoms with van der Waals surface area (Å²) in [6.45, 7) is 0. The first-order valence-electron chi connectivity index (χ1n) is 10.3. The summed E-state index contributed by atoms with van der Waals surface area (Å²) >= 11 is 0. The quantitative estimate of drug-likeness (QED) is 0.373. The standard InChI is InChI=1S/C26H24N2O4S/c27-25(19-7-3-1-4-8-19)31-21-11-15-23(16-12-21)33(29,30)24-17-13-22(14-18-24)32-26(28)20-9-5-2-6-10-20/h1-18,25-26H,27-28H2. The highest BCUT2D eigenvalue weighted by Crippen LogP contribution is 2.27. The van der Waals surface area contributed by atoms with Gasteiger partial charge >= 0.3 is 0 Å². The molecule has 0 spiro atoms. The average Bonchev–Trinajstić information content (AvgIpc) is 2.86. The maximum absolute atomic E-state index is 13.0. The Morgan fingerprint density at radius 3 is 1.18 bits per heavy atom. The molecule has 0 radical (unpaired) electrons. The van der Waals surface area contributed by atoms with Gasteiger partial charge in [0.1, 0.15) is 11.5 Å². The van der Waals surface area contributed by atoms with Gasteiger partial charge in [-0.2, -0.15) is 0 Å². The second kappa shape index (κ2) is 9.87. The molecule has 0 bridgehead atoms. The van der Waals surface area contributed by atoms with Gasteiger partial charge < -0.3 is 9.47 Å². The molecule has 33 heavy (non-hydrogen) atoms. The van der Waals surface area contributed by atoms with Gasteiger partial charge in [-0.15, -0.1) is 0 Å². The summed E-state index contributed by atoms with van der Waals surface area (Å²) in [4.78, 5) is 0.301.